The number of hydrogen-bond acceptors (Lipinski definition) is 5. The van der Waals surface area contributed by atoms with Gasteiger partial charge in [0.25, 0.3) is 0 Å². The minimum Gasteiger partial charge on any atom is -0.335 e. The lowest BCUT2D eigenvalue weighted by molar-refractivity contribution is -0.117. The standard InChI is InChI=1S/C19H19F3N6O3S/c1-26-5-4-14-15(6-16(24-17(14)26)25-18(29)11-2-3-11)12-7-23-28(8-12)13-9-27(10-13)32(30,31)19(20,21)22/h4-8,11,13H,2-3,9-10H2,1H3,(H,24,25,29). The van der Waals surface area contributed by atoms with Crippen molar-refractivity contribution in [2.24, 2.45) is 13.0 Å². The number of amides is 1. The van der Waals surface area contributed by atoms with E-state index < -0.39 is 21.6 Å². The Morgan fingerprint density at radius 1 is 1.25 bits per heavy atom. The van der Waals surface area contributed by atoms with Gasteiger partial charge in [-0.15, -0.1) is 0 Å². The summed E-state index contributed by atoms with van der Waals surface area (Å²) in [4.78, 5) is 16.7. The fraction of sp³-hybridized carbons (Fsp3) is 0.421. The average Bonchev–Trinajstić information content (AvgIpc) is 3.32. The number of sulfonamides is 1. The molecule has 4 heterocycles. The molecule has 1 aliphatic carbocycles. The lowest BCUT2D eigenvalue weighted by Gasteiger charge is -2.38. The second-order valence-corrected chi connectivity index (χ2v) is 10.0. The number of alkyl halides is 3. The maximum absolute atomic E-state index is 12.7. The van der Waals surface area contributed by atoms with E-state index in [9.17, 15) is 26.4 Å². The molecule has 3 aromatic rings. The lowest BCUT2D eigenvalue weighted by atomic mass is 10.1. The quantitative estimate of drug-likeness (QED) is 0.620. The van der Waals surface area contributed by atoms with Crippen molar-refractivity contribution in [3.63, 3.8) is 0 Å². The molecule has 32 heavy (non-hydrogen) atoms. The molecule has 1 aliphatic heterocycles. The smallest absolute Gasteiger partial charge is 0.335 e. The van der Waals surface area contributed by atoms with Gasteiger partial charge < -0.3 is 9.88 Å². The molecule has 0 bridgehead atoms. The molecule has 170 valence electrons. The van der Waals surface area contributed by atoms with Crippen molar-refractivity contribution >= 4 is 32.8 Å². The molecule has 1 saturated carbocycles. The summed E-state index contributed by atoms with van der Waals surface area (Å²) in [6.07, 6.45) is 6.79. The Balaban J connectivity index is 1.41. The normalized spacial score (nSPS) is 18.1. The number of halogens is 3. The lowest BCUT2D eigenvalue weighted by Crippen LogP contribution is -2.54. The number of nitrogens with zero attached hydrogens (tertiary/aromatic N) is 5. The van der Waals surface area contributed by atoms with Crippen molar-refractivity contribution in [1.29, 1.82) is 0 Å². The van der Waals surface area contributed by atoms with Gasteiger partial charge in [-0.2, -0.15) is 22.6 Å². The Morgan fingerprint density at radius 2 is 1.97 bits per heavy atom. The fourth-order valence-electron chi connectivity index (χ4n) is 3.71. The van der Waals surface area contributed by atoms with E-state index in [1.807, 2.05) is 23.9 Å². The second kappa shape index (κ2) is 7.04. The number of anilines is 1. The average molecular weight is 468 g/mol. The van der Waals surface area contributed by atoms with Crippen LogP contribution in [0.3, 0.4) is 0 Å². The van der Waals surface area contributed by atoms with Crippen LogP contribution in [-0.2, 0) is 21.9 Å². The summed E-state index contributed by atoms with van der Waals surface area (Å²) < 4.78 is 64.8. The van der Waals surface area contributed by atoms with Crippen molar-refractivity contribution in [1.82, 2.24) is 23.6 Å². The van der Waals surface area contributed by atoms with Gasteiger partial charge in [-0.1, -0.05) is 0 Å². The van der Waals surface area contributed by atoms with Gasteiger partial charge in [0.15, 0.2) is 0 Å². The number of aromatic nitrogens is 4. The molecule has 2 aliphatic rings. The summed E-state index contributed by atoms with van der Waals surface area (Å²) in [6.45, 7) is -0.606. The summed E-state index contributed by atoms with van der Waals surface area (Å²) in [5.41, 5.74) is -3.22. The van der Waals surface area contributed by atoms with Crippen LogP contribution in [0.5, 0.6) is 0 Å². The highest BCUT2D eigenvalue weighted by molar-refractivity contribution is 7.90. The number of pyridine rings is 1. The third-order valence-corrected chi connectivity index (χ3v) is 7.35. The first-order valence-electron chi connectivity index (χ1n) is 9.92. The van der Waals surface area contributed by atoms with Crippen molar-refractivity contribution in [3.8, 4) is 11.1 Å². The number of aryl methyl sites for hydroxylation is 1. The highest BCUT2D eigenvalue weighted by Crippen LogP contribution is 2.36. The van der Waals surface area contributed by atoms with Crippen LogP contribution in [0.15, 0.2) is 30.7 Å². The maximum atomic E-state index is 12.7. The predicted octanol–water partition coefficient (Wildman–Crippen LogP) is 2.49. The topological polar surface area (TPSA) is 102 Å². The molecule has 0 aromatic carbocycles. The van der Waals surface area contributed by atoms with Gasteiger partial charge in [0, 0.05) is 49.4 Å². The van der Waals surface area contributed by atoms with Crippen LogP contribution < -0.4 is 5.32 Å². The Labute approximate surface area is 180 Å². The third kappa shape index (κ3) is 3.45. The van der Waals surface area contributed by atoms with Gasteiger partial charge in [-0.25, -0.2) is 13.4 Å². The summed E-state index contributed by atoms with van der Waals surface area (Å²) in [6, 6.07) is 3.12. The zero-order valence-corrected chi connectivity index (χ0v) is 17.7. The SMILES string of the molecule is Cn1ccc2c(-c3cnn(C4CN(S(=O)(=O)C(F)(F)F)C4)c3)cc(NC(=O)C3CC3)nc21. The number of carbonyl (C=O) groups excluding carboxylic acids is 1. The first kappa shape index (κ1) is 20.9. The largest absolute Gasteiger partial charge is 0.511 e. The van der Waals surface area contributed by atoms with E-state index in [0.717, 1.165) is 23.8 Å². The Kier molecular flexibility index (Phi) is 4.60. The maximum Gasteiger partial charge on any atom is 0.511 e. The van der Waals surface area contributed by atoms with E-state index in [2.05, 4.69) is 15.4 Å². The molecular formula is C19H19F3N6O3S. The van der Waals surface area contributed by atoms with Gasteiger partial charge in [-0.3, -0.25) is 9.48 Å². The van der Waals surface area contributed by atoms with E-state index in [1.165, 1.54) is 4.68 Å². The number of hydrogen-bond donors (Lipinski definition) is 1. The minimum absolute atomic E-state index is 0.0154. The van der Waals surface area contributed by atoms with Crippen LogP contribution in [0, 0.1) is 5.92 Å². The van der Waals surface area contributed by atoms with E-state index in [4.69, 9.17) is 0 Å². The molecule has 1 N–H and O–H groups in total. The monoisotopic (exact) mass is 468 g/mol. The fourth-order valence-corrected chi connectivity index (χ4v) is 4.74. The zero-order valence-electron chi connectivity index (χ0n) is 16.9. The van der Waals surface area contributed by atoms with Gasteiger partial charge >= 0.3 is 15.5 Å². The van der Waals surface area contributed by atoms with Crippen LogP contribution in [0.1, 0.15) is 18.9 Å². The summed E-state index contributed by atoms with van der Waals surface area (Å²) in [7, 11) is -3.50. The predicted molar refractivity (Wildman–Crippen MR) is 109 cm³/mol. The van der Waals surface area contributed by atoms with E-state index in [-0.39, 0.29) is 24.9 Å². The van der Waals surface area contributed by atoms with Gasteiger partial charge in [-0.05, 0) is 30.5 Å². The third-order valence-electron chi connectivity index (χ3n) is 5.78. The minimum atomic E-state index is -5.33. The number of nitrogens with one attached hydrogen (secondary N) is 1. The Bertz CT molecular complexity index is 1320. The first-order valence-corrected chi connectivity index (χ1v) is 11.4. The highest BCUT2D eigenvalue weighted by atomic mass is 32.2. The summed E-state index contributed by atoms with van der Waals surface area (Å²) in [5.74, 6) is 0.347. The second-order valence-electron chi connectivity index (χ2n) is 8.11. The molecule has 0 atom stereocenters. The van der Waals surface area contributed by atoms with Crippen molar-refractivity contribution < 1.29 is 26.4 Å². The first-order chi connectivity index (χ1) is 15.0. The molecule has 2 fully saturated rings. The van der Waals surface area contributed by atoms with Crippen molar-refractivity contribution in [2.75, 3.05) is 18.4 Å². The van der Waals surface area contributed by atoms with Crippen LogP contribution in [0.25, 0.3) is 22.2 Å². The van der Waals surface area contributed by atoms with E-state index in [0.29, 0.717) is 21.3 Å². The molecule has 0 spiro atoms. The molecule has 0 radical (unpaired) electrons. The number of fused-ring (bicyclic) bond motifs is 1. The highest BCUT2D eigenvalue weighted by Gasteiger charge is 2.53. The number of rotatable bonds is 5. The van der Waals surface area contributed by atoms with Crippen LogP contribution in [0.4, 0.5) is 19.0 Å². The van der Waals surface area contributed by atoms with Crippen molar-refractivity contribution in [3.05, 3.63) is 30.7 Å². The van der Waals surface area contributed by atoms with Crippen LogP contribution in [-0.4, -0.2) is 56.6 Å². The van der Waals surface area contributed by atoms with Gasteiger partial charge in [0.05, 0.1) is 12.2 Å². The van der Waals surface area contributed by atoms with Crippen molar-refractivity contribution in [2.45, 2.75) is 24.4 Å². The van der Waals surface area contributed by atoms with E-state index >= 15 is 0 Å². The van der Waals surface area contributed by atoms with E-state index in [1.54, 1.807) is 18.5 Å². The zero-order chi connectivity index (χ0) is 22.8. The molecule has 1 saturated heterocycles. The number of carbonyl (C=O) groups is 1. The van der Waals surface area contributed by atoms with Gasteiger partial charge in [0.2, 0.25) is 5.91 Å². The van der Waals surface area contributed by atoms with Gasteiger partial charge in [0.1, 0.15) is 11.5 Å². The molecule has 13 heteroatoms. The molecule has 3 aromatic heterocycles. The molecule has 5 rings (SSSR count). The van der Waals surface area contributed by atoms with Crippen LogP contribution in [0.2, 0.25) is 0 Å². The van der Waals surface area contributed by atoms with Crippen LogP contribution >= 0.6 is 0 Å². The summed E-state index contributed by atoms with van der Waals surface area (Å²) >= 11 is 0. The molecule has 0 unspecified atom stereocenters. The molecular weight excluding hydrogens is 449 g/mol. The Morgan fingerprint density at radius 3 is 2.62 bits per heavy atom. The summed E-state index contributed by atoms with van der Waals surface area (Å²) in [5, 5.41) is 7.90. The molecule has 9 nitrogen and oxygen atoms in total. The molecule has 1 amide bonds. The Hall–Kier alpha value is -2.93.